The SMILES string of the molecule is CCC(O)c1noc(-c2ccccc2SC)n1. The van der Waals surface area contributed by atoms with Gasteiger partial charge in [-0.1, -0.05) is 24.2 Å². The van der Waals surface area contributed by atoms with Crippen LogP contribution < -0.4 is 0 Å². The van der Waals surface area contributed by atoms with E-state index in [1.165, 1.54) is 0 Å². The van der Waals surface area contributed by atoms with E-state index in [2.05, 4.69) is 10.1 Å². The van der Waals surface area contributed by atoms with E-state index in [4.69, 9.17) is 4.52 Å². The Morgan fingerprint density at radius 2 is 2.18 bits per heavy atom. The Bertz CT molecular complexity index is 499. The highest BCUT2D eigenvalue weighted by atomic mass is 32.2. The van der Waals surface area contributed by atoms with E-state index in [0.29, 0.717) is 18.1 Å². The second kappa shape index (κ2) is 5.33. The number of rotatable bonds is 4. The Morgan fingerprint density at radius 1 is 1.41 bits per heavy atom. The zero-order valence-electron chi connectivity index (χ0n) is 9.75. The van der Waals surface area contributed by atoms with Crippen molar-refractivity contribution in [2.45, 2.75) is 24.3 Å². The molecule has 0 bridgehead atoms. The summed E-state index contributed by atoms with van der Waals surface area (Å²) in [5.74, 6) is 0.802. The molecule has 0 radical (unpaired) electrons. The minimum absolute atomic E-state index is 0.346. The zero-order valence-corrected chi connectivity index (χ0v) is 10.6. The molecule has 5 heteroatoms. The van der Waals surface area contributed by atoms with Crippen LogP contribution in [-0.4, -0.2) is 21.5 Å². The standard InChI is InChI=1S/C12H14N2O2S/c1-3-9(15)11-13-12(16-14-11)8-6-4-5-7-10(8)17-2/h4-7,9,15H,3H2,1-2H3. The van der Waals surface area contributed by atoms with Gasteiger partial charge in [0.1, 0.15) is 6.10 Å². The van der Waals surface area contributed by atoms with Crippen molar-refractivity contribution in [3.05, 3.63) is 30.1 Å². The second-order valence-electron chi connectivity index (χ2n) is 3.58. The van der Waals surface area contributed by atoms with Crippen LogP contribution in [0, 0.1) is 0 Å². The molecule has 2 aromatic rings. The Hall–Kier alpha value is -1.33. The first-order valence-electron chi connectivity index (χ1n) is 5.41. The van der Waals surface area contributed by atoms with Gasteiger partial charge in [0, 0.05) is 4.90 Å². The van der Waals surface area contributed by atoms with E-state index in [1.807, 2.05) is 37.4 Å². The third-order valence-corrected chi connectivity index (χ3v) is 3.26. The number of nitrogens with zero attached hydrogens (tertiary/aromatic N) is 2. The van der Waals surface area contributed by atoms with E-state index < -0.39 is 6.10 Å². The Balaban J connectivity index is 2.37. The monoisotopic (exact) mass is 250 g/mol. The molecule has 1 aromatic carbocycles. The van der Waals surface area contributed by atoms with Crippen LogP contribution in [0.4, 0.5) is 0 Å². The summed E-state index contributed by atoms with van der Waals surface area (Å²) in [7, 11) is 0. The summed E-state index contributed by atoms with van der Waals surface area (Å²) in [6.07, 6.45) is 1.91. The molecule has 1 N–H and O–H groups in total. The maximum absolute atomic E-state index is 9.63. The largest absolute Gasteiger partial charge is 0.385 e. The summed E-state index contributed by atoms with van der Waals surface area (Å²) >= 11 is 1.62. The smallest absolute Gasteiger partial charge is 0.259 e. The third kappa shape index (κ3) is 2.50. The fraction of sp³-hybridized carbons (Fsp3) is 0.333. The number of aromatic nitrogens is 2. The average molecular weight is 250 g/mol. The predicted molar refractivity (Wildman–Crippen MR) is 66.8 cm³/mol. The molecule has 1 atom stereocenters. The van der Waals surface area contributed by atoms with Crippen molar-refractivity contribution in [1.82, 2.24) is 10.1 Å². The minimum atomic E-state index is -0.658. The first-order valence-corrected chi connectivity index (χ1v) is 6.63. The summed E-state index contributed by atoms with van der Waals surface area (Å²) in [6.45, 7) is 1.87. The highest BCUT2D eigenvalue weighted by Gasteiger charge is 2.16. The van der Waals surface area contributed by atoms with Crippen molar-refractivity contribution >= 4 is 11.8 Å². The first-order chi connectivity index (χ1) is 8.26. The lowest BCUT2D eigenvalue weighted by molar-refractivity contribution is 0.159. The van der Waals surface area contributed by atoms with E-state index >= 15 is 0 Å². The van der Waals surface area contributed by atoms with Gasteiger partial charge in [-0.25, -0.2) is 0 Å². The Kier molecular flexibility index (Phi) is 3.81. The molecule has 1 aromatic heterocycles. The molecule has 2 rings (SSSR count). The summed E-state index contributed by atoms with van der Waals surface area (Å²) in [5.41, 5.74) is 0.905. The van der Waals surface area contributed by atoms with Crippen LogP contribution in [-0.2, 0) is 0 Å². The molecule has 0 aliphatic rings. The van der Waals surface area contributed by atoms with Gasteiger partial charge in [0.2, 0.25) is 5.82 Å². The summed E-state index contributed by atoms with van der Waals surface area (Å²) in [6, 6.07) is 7.82. The number of hydrogen-bond acceptors (Lipinski definition) is 5. The highest BCUT2D eigenvalue weighted by Crippen LogP contribution is 2.29. The van der Waals surface area contributed by atoms with Crippen molar-refractivity contribution in [3.63, 3.8) is 0 Å². The molecule has 4 nitrogen and oxygen atoms in total. The molecule has 1 heterocycles. The van der Waals surface area contributed by atoms with Crippen molar-refractivity contribution in [1.29, 1.82) is 0 Å². The molecule has 0 saturated carbocycles. The van der Waals surface area contributed by atoms with Gasteiger partial charge in [0.15, 0.2) is 0 Å². The lowest BCUT2D eigenvalue weighted by atomic mass is 10.2. The minimum Gasteiger partial charge on any atom is -0.385 e. The number of aliphatic hydroxyl groups excluding tert-OH is 1. The Morgan fingerprint density at radius 3 is 2.88 bits per heavy atom. The second-order valence-corrected chi connectivity index (χ2v) is 4.43. The lowest BCUT2D eigenvalue weighted by Gasteiger charge is -2.01. The lowest BCUT2D eigenvalue weighted by Crippen LogP contribution is -1.97. The Labute approximate surface area is 104 Å². The molecule has 1 unspecified atom stereocenters. The fourth-order valence-electron chi connectivity index (χ4n) is 1.48. The van der Waals surface area contributed by atoms with Crippen LogP contribution >= 0.6 is 11.8 Å². The van der Waals surface area contributed by atoms with Gasteiger partial charge >= 0.3 is 0 Å². The van der Waals surface area contributed by atoms with Crippen LogP contribution in [0.25, 0.3) is 11.5 Å². The third-order valence-electron chi connectivity index (χ3n) is 2.46. The molecule has 0 spiro atoms. The summed E-state index contributed by atoms with van der Waals surface area (Å²) in [4.78, 5) is 5.30. The van der Waals surface area contributed by atoms with Gasteiger partial charge < -0.3 is 9.63 Å². The van der Waals surface area contributed by atoms with Gasteiger partial charge in [0.25, 0.3) is 5.89 Å². The van der Waals surface area contributed by atoms with Crippen LogP contribution in [0.15, 0.2) is 33.7 Å². The van der Waals surface area contributed by atoms with Crippen molar-refractivity contribution in [2.75, 3.05) is 6.26 Å². The van der Waals surface area contributed by atoms with Crippen molar-refractivity contribution in [2.24, 2.45) is 0 Å². The first kappa shape index (κ1) is 12.1. The average Bonchev–Trinajstić information content (AvgIpc) is 2.87. The molecular formula is C12H14N2O2S. The fourth-order valence-corrected chi connectivity index (χ4v) is 2.07. The molecule has 90 valence electrons. The van der Waals surface area contributed by atoms with Gasteiger partial charge in [-0.05, 0) is 24.8 Å². The summed E-state index contributed by atoms with van der Waals surface area (Å²) in [5, 5.41) is 13.4. The van der Waals surface area contributed by atoms with E-state index in [1.54, 1.807) is 11.8 Å². The van der Waals surface area contributed by atoms with Crippen LogP contribution in [0.5, 0.6) is 0 Å². The van der Waals surface area contributed by atoms with Gasteiger partial charge in [-0.2, -0.15) is 4.98 Å². The molecule has 0 fully saturated rings. The maximum Gasteiger partial charge on any atom is 0.259 e. The number of aliphatic hydroxyl groups is 1. The topological polar surface area (TPSA) is 59.2 Å². The van der Waals surface area contributed by atoms with Crippen molar-refractivity contribution in [3.8, 4) is 11.5 Å². The summed E-state index contributed by atoms with van der Waals surface area (Å²) < 4.78 is 5.18. The molecule has 0 aliphatic heterocycles. The number of benzene rings is 1. The molecule has 0 saturated heterocycles. The van der Waals surface area contributed by atoms with Gasteiger partial charge in [0.05, 0.1) is 5.56 Å². The van der Waals surface area contributed by atoms with Gasteiger partial charge in [-0.3, -0.25) is 0 Å². The van der Waals surface area contributed by atoms with Crippen LogP contribution in [0.1, 0.15) is 25.3 Å². The van der Waals surface area contributed by atoms with E-state index in [-0.39, 0.29) is 0 Å². The molecule has 0 amide bonds. The number of thioether (sulfide) groups is 1. The van der Waals surface area contributed by atoms with Gasteiger partial charge in [-0.15, -0.1) is 11.8 Å². The van der Waals surface area contributed by atoms with Crippen LogP contribution in [0.2, 0.25) is 0 Å². The predicted octanol–water partition coefficient (Wildman–Crippen LogP) is 2.90. The van der Waals surface area contributed by atoms with Crippen LogP contribution in [0.3, 0.4) is 0 Å². The zero-order chi connectivity index (χ0) is 12.3. The van der Waals surface area contributed by atoms with E-state index in [9.17, 15) is 5.11 Å². The van der Waals surface area contributed by atoms with E-state index in [0.717, 1.165) is 10.5 Å². The molecule has 0 aliphatic carbocycles. The number of hydrogen-bond donors (Lipinski definition) is 1. The quantitative estimate of drug-likeness (QED) is 0.845. The highest BCUT2D eigenvalue weighted by molar-refractivity contribution is 7.98. The normalized spacial score (nSPS) is 12.6. The van der Waals surface area contributed by atoms with Crippen molar-refractivity contribution < 1.29 is 9.63 Å². The molecule has 17 heavy (non-hydrogen) atoms. The maximum atomic E-state index is 9.63. The molecular weight excluding hydrogens is 236 g/mol.